The van der Waals surface area contributed by atoms with Crippen LogP contribution < -0.4 is 10.6 Å². The fourth-order valence-corrected chi connectivity index (χ4v) is 3.31. The van der Waals surface area contributed by atoms with Crippen LogP contribution in [0.3, 0.4) is 0 Å². The molecule has 0 unspecified atom stereocenters. The lowest BCUT2D eigenvalue weighted by Gasteiger charge is -2.16. The van der Waals surface area contributed by atoms with Crippen molar-refractivity contribution in [2.24, 2.45) is 0 Å². The summed E-state index contributed by atoms with van der Waals surface area (Å²) in [4.78, 5) is 29.9. The molecule has 0 fully saturated rings. The monoisotopic (exact) mass is 390 g/mol. The van der Waals surface area contributed by atoms with Crippen molar-refractivity contribution in [3.8, 4) is 6.07 Å². The summed E-state index contributed by atoms with van der Waals surface area (Å²) in [7, 11) is 0. The van der Waals surface area contributed by atoms with Crippen molar-refractivity contribution in [2.75, 3.05) is 10.6 Å². The molecule has 2 N–H and O–H groups in total. The molecular formula is C20H18N6O3. The highest BCUT2D eigenvalue weighted by Crippen LogP contribution is 2.23. The number of anilines is 2. The molecule has 146 valence electrons. The fraction of sp³-hybridized carbons (Fsp3) is 0.250. The Kier molecular flexibility index (Phi) is 4.83. The molecular weight excluding hydrogens is 372 g/mol. The zero-order valence-electron chi connectivity index (χ0n) is 15.7. The summed E-state index contributed by atoms with van der Waals surface area (Å²) in [6, 6.07) is 10.2. The van der Waals surface area contributed by atoms with E-state index < -0.39 is 11.8 Å². The number of carbonyl (C=O) groups is 2. The van der Waals surface area contributed by atoms with E-state index in [4.69, 9.17) is 9.78 Å². The van der Waals surface area contributed by atoms with Crippen LogP contribution in [0.15, 0.2) is 34.9 Å². The van der Waals surface area contributed by atoms with Gasteiger partial charge in [0.25, 0.3) is 11.8 Å². The van der Waals surface area contributed by atoms with E-state index >= 15 is 0 Å². The molecule has 3 aromatic rings. The van der Waals surface area contributed by atoms with E-state index in [9.17, 15) is 9.59 Å². The van der Waals surface area contributed by atoms with Crippen LogP contribution in [0.4, 0.5) is 11.5 Å². The van der Waals surface area contributed by atoms with Gasteiger partial charge in [0.15, 0.2) is 17.3 Å². The van der Waals surface area contributed by atoms with Gasteiger partial charge >= 0.3 is 0 Å². The molecule has 2 aromatic heterocycles. The number of fused-ring (bicyclic) bond motifs is 1. The van der Waals surface area contributed by atoms with Gasteiger partial charge in [-0.15, -0.1) is 0 Å². The van der Waals surface area contributed by atoms with Crippen molar-refractivity contribution in [3.63, 3.8) is 0 Å². The Labute approximate surface area is 166 Å². The number of benzene rings is 1. The third-order valence-corrected chi connectivity index (χ3v) is 4.68. The molecule has 0 spiro atoms. The van der Waals surface area contributed by atoms with E-state index in [1.54, 1.807) is 41.8 Å². The van der Waals surface area contributed by atoms with E-state index in [2.05, 4.69) is 20.8 Å². The minimum atomic E-state index is -0.445. The number of aryl methyl sites for hydroxylation is 1. The first-order valence-corrected chi connectivity index (χ1v) is 9.21. The Morgan fingerprint density at radius 3 is 2.66 bits per heavy atom. The second-order valence-corrected chi connectivity index (χ2v) is 6.76. The molecule has 9 heteroatoms. The summed E-state index contributed by atoms with van der Waals surface area (Å²) in [5, 5.41) is 18.1. The van der Waals surface area contributed by atoms with Crippen molar-refractivity contribution >= 4 is 23.3 Å². The second kappa shape index (κ2) is 7.59. The molecule has 4 rings (SSSR count). The quantitative estimate of drug-likeness (QED) is 0.705. The Hall–Kier alpha value is -3.93. The molecule has 3 heterocycles. The van der Waals surface area contributed by atoms with Crippen LogP contribution in [0.2, 0.25) is 0 Å². The number of amides is 2. The molecule has 1 aromatic carbocycles. The van der Waals surface area contributed by atoms with E-state index in [1.807, 2.05) is 6.07 Å². The molecule has 9 nitrogen and oxygen atoms in total. The number of rotatable bonds is 4. The van der Waals surface area contributed by atoms with Gasteiger partial charge in [0.1, 0.15) is 5.76 Å². The van der Waals surface area contributed by atoms with E-state index in [0.717, 1.165) is 18.5 Å². The summed E-state index contributed by atoms with van der Waals surface area (Å²) in [6.07, 6.45) is 2.50. The zero-order chi connectivity index (χ0) is 20.4. The summed E-state index contributed by atoms with van der Waals surface area (Å²) in [5.74, 6) is 0.207. The SMILES string of the molecule is Cc1cc(NC(=O)c2nc(C(=O)Nc3ccc(C#N)cc3)c3n2CCCC3)no1. The van der Waals surface area contributed by atoms with E-state index in [0.29, 0.717) is 35.8 Å². The lowest BCUT2D eigenvalue weighted by Crippen LogP contribution is -2.21. The molecule has 1 aliphatic heterocycles. The van der Waals surface area contributed by atoms with Gasteiger partial charge in [-0.05, 0) is 50.5 Å². The van der Waals surface area contributed by atoms with Crippen LogP contribution in [0, 0.1) is 18.3 Å². The van der Waals surface area contributed by atoms with E-state index in [1.165, 1.54) is 0 Å². The van der Waals surface area contributed by atoms with Crippen molar-refractivity contribution in [1.29, 1.82) is 5.26 Å². The number of nitriles is 1. The fourth-order valence-electron chi connectivity index (χ4n) is 3.31. The highest BCUT2D eigenvalue weighted by atomic mass is 16.5. The predicted octanol–water partition coefficient (Wildman–Crippen LogP) is 2.89. The van der Waals surface area contributed by atoms with Gasteiger partial charge in [-0.3, -0.25) is 9.59 Å². The first-order chi connectivity index (χ1) is 14.0. The molecule has 0 atom stereocenters. The molecule has 0 bridgehead atoms. The Balaban J connectivity index is 1.60. The van der Waals surface area contributed by atoms with E-state index in [-0.39, 0.29) is 11.5 Å². The normalized spacial score (nSPS) is 12.7. The third kappa shape index (κ3) is 3.73. The molecule has 2 amide bonds. The smallest absolute Gasteiger partial charge is 0.292 e. The number of imidazole rings is 1. The van der Waals surface area contributed by atoms with Gasteiger partial charge in [-0.2, -0.15) is 5.26 Å². The molecule has 0 aliphatic carbocycles. The number of carbonyl (C=O) groups excluding carboxylic acids is 2. The minimum Gasteiger partial charge on any atom is -0.360 e. The lowest BCUT2D eigenvalue weighted by molar-refractivity contribution is 0.101. The number of hydrogen-bond acceptors (Lipinski definition) is 6. The predicted molar refractivity (Wildman–Crippen MR) is 103 cm³/mol. The Morgan fingerprint density at radius 1 is 1.17 bits per heavy atom. The van der Waals surface area contributed by atoms with Crippen LogP contribution in [0.25, 0.3) is 0 Å². The van der Waals surface area contributed by atoms with Crippen LogP contribution in [0.5, 0.6) is 0 Å². The van der Waals surface area contributed by atoms with Crippen LogP contribution in [-0.4, -0.2) is 26.5 Å². The third-order valence-electron chi connectivity index (χ3n) is 4.68. The van der Waals surface area contributed by atoms with Gasteiger partial charge in [-0.1, -0.05) is 5.16 Å². The van der Waals surface area contributed by atoms with Gasteiger partial charge in [0.2, 0.25) is 0 Å². The summed E-state index contributed by atoms with van der Waals surface area (Å²) in [5.41, 5.74) is 2.03. The molecule has 0 saturated carbocycles. The zero-order valence-corrected chi connectivity index (χ0v) is 15.7. The summed E-state index contributed by atoms with van der Waals surface area (Å²) < 4.78 is 6.76. The van der Waals surface area contributed by atoms with Gasteiger partial charge in [0, 0.05) is 18.3 Å². The number of hydrogen-bond donors (Lipinski definition) is 2. The summed E-state index contributed by atoms with van der Waals surface area (Å²) in [6.45, 7) is 2.35. The summed E-state index contributed by atoms with van der Waals surface area (Å²) >= 11 is 0. The van der Waals surface area contributed by atoms with Crippen LogP contribution in [-0.2, 0) is 13.0 Å². The number of nitrogens with zero attached hydrogens (tertiary/aromatic N) is 4. The minimum absolute atomic E-state index is 0.172. The first kappa shape index (κ1) is 18.4. The number of nitrogens with one attached hydrogen (secondary N) is 2. The molecule has 1 aliphatic rings. The Bertz CT molecular complexity index is 1120. The molecule has 0 radical (unpaired) electrons. The van der Waals surface area contributed by atoms with Crippen molar-refractivity contribution in [3.05, 3.63) is 58.9 Å². The highest BCUT2D eigenvalue weighted by molar-refractivity contribution is 6.06. The van der Waals surface area contributed by atoms with Gasteiger partial charge < -0.3 is 19.7 Å². The maximum atomic E-state index is 12.8. The van der Waals surface area contributed by atoms with Crippen LogP contribution in [0.1, 0.15) is 51.0 Å². The largest absolute Gasteiger partial charge is 0.360 e. The average molecular weight is 390 g/mol. The highest BCUT2D eigenvalue weighted by Gasteiger charge is 2.28. The van der Waals surface area contributed by atoms with Crippen molar-refractivity contribution < 1.29 is 14.1 Å². The van der Waals surface area contributed by atoms with Crippen LogP contribution >= 0.6 is 0 Å². The standard InChI is InChI=1S/C20H18N6O3/c1-12-10-16(25-29-12)23-20(28)18-24-17(15-4-2-3-9-26(15)18)19(27)22-14-7-5-13(11-21)6-8-14/h5-8,10H,2-4,9H2,1H3,(H,22,27)(H,23,25,28). The Morgan fingerprint density at radius 2 is 1.97 bits per heavy atom. The maximum absolute atomic E-state index is 12.8. The van der Waals surface area contributed by atoms with Gasteiger partial charge in [-0.25, -0.2) is 4.98 Å². The average Bonchev–Trinajstić information content (AvgIpc) is 3.32. The topological polar surface area (TPSA) is 126 Å². The molecule has 29 heavy (non-hydrogen) atoms. The van der Waals surface area contributed by atoms with Crippen molar-refractivity contribution in [2.45, 2.75) is 32.7 Å². The second-order valence-electron chi connectivity index (χ2n) is 6.76. The van der Waals surface area contributed by atoms with Gasteiger partial charge in [0.05, 0.1) is 17.3 Å². The van der Waals surface area contributed by atoms with Crippen molar-refractivity contribution in [1.82, 2.24) is 14.7 Å². The lowest BCUT2D eigenvalue weighted by atomic mass is 10.1. The number of aromatic nitrogens is 3. The maximum Gasteiger partial charge on any atom is 0.292 e. The first-order valence-electron chi connectivity index (χ1n) is 9.21. The molecule has 0 saturated heterocycles.